The molecule has 0 aliphatic heterocycles. The van der Waals surface area contributed by atoms with E-state index in [0.717, 1.165) is 24.3 Å². The standard InChI is InChI=1S/C7H8FO4P/c8-6-3-1-5(2-4-6)7(9)13(10,11)12/h1-4,7,9H,(H2,10,11,12). The topological polar surface area (TPSA) is 77.8 Å². The molecule has 1 atom stereocenters. The Bertz CT molecular complexity index is 331. The quantitative estimate of drug-likeness (QED) is 0.630. The van der Waals surface area contributed by atoms with Gasteiger partial charge in [0.1, 0.15) is 5.82 Å². The molecule has 0 aliphatic carbocycles. The fraction of sp³-hybridized carbons (Fsp3) is 0.143. The van der Waals surface area contributed by atoms with Gasteiger partial charge >= 0.3 is 7.60 Å². The highest BCUT2D eigenvalue weighted by Crippen LogP contribution is 2.49. The maximum absolute atomic E-state index is 12.4. The van der Waals surface area contributed by atoms with Crippen molar-refractivity contribution in [3.63, 3.8) is 0 Å². The van der Waals surface area contributed by atoms with E-state index in [4.69, 9.17) is 14.9 Å². The highest BCUT2D eigenvalue weighted by Gasteiger charge is 2.27. The van der Waals surface area contributed by atoms with Gasteiger partial charge in [0.15, 0.2) is 5.85 Å². The Morgan fingerprint density at radius 1 is 1.23 bits per heavy atom. The monoisotopic (exact) mass is 206 g/mol. The second-order valence-corrected chi connectivity index (χ2v) is 4.18. The average molecular weight is 206 g/mol. The van der Waals surface area contributed by atoms with Crippen LogP contribution >= 0.6 is 7.60 Å². The second-order valence-electron chi connectivity index (χ2n) is 2.51. The molecular weight excluding hydrogens is 198 g/mol. The van der Waals surface area contributed by atoms with E-state index in [1.165, 1.54) is 0 Å². The lowest BCUT2D eigenvalue weighted by Crippen LogP contribution is -1.97. The molecule has 72 valence electrons. The van der Waals surface area contributed by atoms with Crippen LogP contribution in [0.25, 0.3) is 0 Å². The molecule has 4 nitrogen and oxygen atoms in total. The highest BCUT2D eigenvalue weighted by atomic mass is 31.2. The third-order valence-corrected chi connectivity index (χ3v) is 2.42. The summed E-state index contributed by atoms with van der Waals surface area (Å²) in [5, 5.41) is 9.06. The van der Waals surface area contributed by atoms with Crippen LogP contribution in [-0.2, 0) is 4.57 Å². The molecule has 0 saturated heterocycles. The van der Waals surface area contributed by atoms with E-state index in [1.807, 2.05) is 0 Å². The van der Waals surface area contributed by atoms with Crippen LogP contribution in [0.5, 0.6) is 0 Å². The SMILES string of the molecule is O=P(O)(O)C(O)c1ccc(F)cc1. The minimum absolute atomic E-state index is 0.00488. The first-order chi connectivity index (χ1) is 5.91. The first-order valence-electron chi connectivity index (χ1n) is 3.40. The number of rotatable bonds is 2. The molecule has 0 radical (unpaired) electrons. The lowest BCUT2D eigenvalue weighted by atomic mass is 10.2. The molecule has 1 aromatic rings. The summed E-state index contributed by atoms with van der Waals surface area (Å²) < 4.78 is 22.9. The van der Waals surface area contributed by atoms with Gasteiger partial charge in [-0.1, -0.05) is 12.1 Å². The van der Waals surface area contributed by atoms with Crippen LogP contribution in [0.15, 0.2) is 24.3 Å². The van der Waals surface area contributed by atoms with E-state index in [1.54, 1.807) is 0 Å². The number of aliphatic hydroxyl groups excluding tert-OH is 1. The van der Waals surface area contributed by atoms with Crippen molar-refractivity contribution < 1.29 is 23.8 Å². The van der Waals surface area contributed by atoms with Gasteiger partial charge in [-0.15, -0.1) is 0 Å². The molecule has 0 bridgehead atoms. The van der Waals surface area contributed by atoms with Crippen molar-refractivity contribution in [2.75, 3.05) is 0 Å². The molecule has 1 rings (SSSR count). The smallest absolute Gasteiger partial charge is 0.358 e. The summed E-state index contributed by atoms with van der Waals surface area (Å²) in [5.41, 5.74) is -0.00488. The van der Waals surface area contributed by atoms with Crippen molar-refractivity contribution in [3.05, 3.63) is 35.6 Å². The lowest BCUT2D eigenvalue weighted by Gasteiger charge is -2.11. The lowest BCUT2D eigenvalue weighted by molar-refractivity contribution is 0.205. The second kappa shape index (κ2) is 3.55. The molecule has 0 aromatic heterocycles. The molecule has 1 unspecified atom stereocenters. The summed E-state index contributed by atoms with van der Waals surface area (Å²) in [6.45, 7) is 0. The summed E-state index contributed by atoms with van der Waals surface area (Å²) in [7, 11) is -4.56. The Morgan fingerprint density at radius 3 is 2.08 bits per heavy atom. The van der Waals surface area contributed by atoms with E-state index >= 15 is 0 Å². The van der Waals surface area contributed by atoms with Crippen molar-refractivity contribution in [2.24, 2.45) is 0 Å². The van der Waals surface area contributed by atoms with Gasteiger partial charge in [-0.2, -0.15) is 0 Å². The molecule has 0 spiro atoms. The predicted octanol–water partition coefficient (Wildman–Crippen LogP) is 0.994. The minimum Gasteiger partial charge on any atom is -0.376 e. The maximum atomic E-state index is 12.4. The molecule has 3 N–H and O–H groups in total. The minimum atomic E-state index is -4.56. The van der Waals surface area contributed by atoms with Gasteiger partial charge in [-0.25, -0.2) is 4.39 Å². The van der Waals surface area contributed by atoms with Crippen LogP contribution in [-0.4, -0.2) is 14.9 Å². The Hall–Kier alpha value is -0.740. The summed E-state index contributed by atoms with van der Waals surface area (Å²) >= 11 is 0. The third kappa shape index (κ3) is 2.60. The first-order valence-corrected chi connectivity index (χ1v) is 5.08. The van der Waals surface area contributed by atoms with Gasteiger partial charge in [0.05, 0.1) is 0 Å². The summed E-state index contributed by atoms with van der Waals surface area (Å²) in [4.78, 5) is 17.2. The molecule has 0 amide bonds. The molecule has 0 heterocycles. The zero-order valence-electron chi connectivity index (χ0n) is 6.46. The molecule has 6 heteroatoms. The normalized spacial score (nSPS) is 14.2. The van der Waals surface area contributed by atoms with Gasteiger partial charge in [0.25, 0.3) is 0 Å². The Labute approximate surface area is 73.8 Å². The predicted molar refractivity (Wildman–Crippen MR) is 43.4 cm³/mol. The van der Waals surface area contributed by atoms with Crippen molar-refractivity contribution in [1.29, 1.82) is 0 Å². The van der Waals surface area contributed by atoms with Gasteiger partial charge in [-0.3, -0.25) is 4.57 Å². The number of aliphatic hydroxyl groups is 1. The van der Waals surface area contributed by atoms with Crippen LogP contribution in [0.3, 0.4) is 0 Å². The van der Waals surface area contributed by atoms with Crippen molar-refractivity contribution in [2.45, 2.75) is 5.85 Å². The third-order valence-electron chi connectivity index (χ3n) is 1.49. The zero-order chi connectivity index (χ0) is 10.1. The van der Waals surface area contributed by atoms with Crippen LogP contribution in [0.4, 0.5) is 4.39 Å². The van der Waals surface area contributed by atoms with Crippen molar-refractivity contribution in [3.8, 4) is 0 Å². The van der Waals surface area contributed by atoms with Crippen LogP contribution < -0.4 is 0 Å². The van der Waals surface area contributed by atoms with Crippen LogP contribution in [0.1, 0.15) is 11.4 Å². The van der Waals surface area contributed by atoms with Crippen molar-refractivity contribution >= 4 is 7.60 Å². The molecule has 1 aromatic carbocycles. The Kier molecular flexibility index (Phi) is 2.83. The van der Waals surface area contributed by atoms with Gasteiger partial charge in [-0.05, 0) is 17.7 Å². The molecule has 0 fully saturated rings. The number of hydrogen-bond donors (Lipinski definition) is 3. The number of hydrogen-bond acceptors (Lipinski definition) is 2. The van der Waals surface area contributed by atoms with Gasteiger partial charge < -0.3 is 14.9 Å². The summed E-state index contributed by atoms with van der Waals surface area (Å²) in [6, 6.07) is 4.29. The summed E-state index contributed by atoms with van der Waals surface area (Å²) in [5.74, 6) is -2.41. The average Bonchev–Trinajstić information content (AvgIpc) is 2.03. The van der Waals surface area contributed by atoms with E-state index in [9.17, 15) is 8.96 Å². The highest BCUT2D eigenvalue weighted by molar-refractivity contribution is 7.51. The fourth-order valence-electron chi connectivity index (χ4n) is 0.829. The van der Waals surface area contributed by atoms with E-state index in [-0.39, 0.29) is 5.56 Å². The summed E-state index contributed by atoms with van der Waals surface area (Å²) in [6.07, 6.45) is 0. The largest absolute Gasteiger partial charge is 0.376 e. The molecular formula is C7H8FO4P. The van der Waals surface area contributed by atoms with Gasteiger partial charge in [0.2, 0.25) is 0 Å². The zero-order valence-corrected chi connectivity index (χ0v) is 7.36. The fourth-order valence-corrected chi connectivity index (χ4v) is 1.39. The Morgan fingerprint density at radius 2 is 1.69 bits per heavy atom. The van der Waals surface area contributed by atoms with Crippen molar-refractivity contribution in [1.82, 2.24) is 0 Å². The molecule has 0 saturated carbocycles. The van der Waals surface area contributed by atoms with E-state index in [2.05, 4.69) is 0 Å². The van der Waals surface area contributed by atoms with E-state index in [0.29, 0.717) is 0 Å². The first kappa shape index (κ1) is 10.3. The Balaban J connectivity index is 2.97. The van der Waals surface area contributed by atoms with Crippen LogP contribution in [0, 0.1) is 5.82 Å². The molecule has 13 heavy (non-hydrogen) atoms. The van der Waals surface area contributed by atoms with E-state index < -0.39 is 19.3 Å². The molecule has 0 aliphatic rings. The number of benzene rings is 1. The maximum Gasteiger partial charge on any atom is 0.358 e. The van der Waals surface area contributed by atoms with Gasteiger partial charge in [0, 0.05) is 0 Å². The van der Waals surface area contributed by atoms with Crippen LogP contribution in [0.2, 0.25) is 0 Å². The number of halogens is 1.